The third-order valence-electron chi connectivity index (χ3n) is 2.73. The molecular weight excluding hydrogens is 252 g/mol. The first-order valence-corrected chi connectivity index (χ1v) is 6.76. The van der Waals surface area contributed by atoms with Crippen LogP contribution in [0.1, 0.15) is 10.5 Å². The second-order valence-corrected chi connectivity index (χ2v) is 5.34. The Kier molecular flexibility index (Phi) is 4.57. The number of pyridine rings is 1. The highest BCUT2D eigenvalue weighted by Crippen LogP contribution is 2.21. The van der Waals surface area contributed by atoms with Crippen LogP contribution in [0.4, 0.5) is 0 Å². The van der Waals surface area contributed by atoms with Crippen LogP contribution in [0.2, 0.25) is 0 Å². The zero-order valence-electron chi connectivity index (χ0n) is 10.2. The minimum atomic E-state index is -0.994. The Morgan fingerprint density at radius 3 is 3.28 bits per heavy atom. The molecule has 0 spiro atoms. The van der Waals surface area contributed by atoms with Gasteiger partial charge in [-0.3, -0.25) is 0 Å². The Balaban J connectivity index is 1.89. The molecule has 1 N–H and O–H groups in total. The Morgan fingerprint density at radius 1 is 1.72 bits per heavy atom. The standard InChI is InChI=1S/C12H16N2O3S/c1-14-4-5-17-9(7-14)8-18-10-2-3-13-11(6-10)12(15)16/h2-3,6,9H,4-5,7-8H2,1H3,(H,15,16). The van der Waals surface area contributed by atoms with Gasteiger partial charge < -0.3 is 14.7 Å². The molecular formula is C12H16N2O3S. The van der Waals surface area contributed by atoms with Crippen molar-refractivity contribution >= 4 is 17.7 Å². The van der Waals surface area contributed by atoms with Gasteiger partial charge in [-0.15, -0.1) is 11.8 Å². The Labute approximate surface area is 110 Å². The van der Waals surface area contributed by atoms with Crippen LogP contribution >= 0.6 is 11.8 Å². The van der Waals surface area contributed by atoms with Crippen molar-refractivity contribution in [2.24, 2.45) is 0 Å². The monoisotopic (exact) mass is 268 g/mol. The van der Waals surface area contributed by atoms with Gasteiger partial charge in [0.05, 0.1) is 12.7 Å². The summed E-state index contributed by atoms with van der Waals surface area (Å²) in [5, 5.41) is 8.86. The van der Waals surface area contributed by atoms with Crippen molar-refractivity contribution in [2.45, 2.75) is 11.0 Å². The molecule has 0 aliphatic carbocycles. The van der Waals surface area contributed by atoms with Gasteiger partial charge in [-0.25, -0.2) is 9.78 Å². The minimum absolute atomic E-state index is 0.0849. The molecule has 0 saturated carbocycles. The van der Waals surface area contributed by atoms with Crippen molar-refractivity contribution in [1.82, 2.24) is 9.88 Å². The number of carboxylic acids is 1. The van der Waals surface area contributed by atoms with E-state index in [4.69, 9.17) is 9.84 Å². The van der Waals surface area contributed by atoms with E-state index >= 15 is 0 Å². The van der Waals surface area contributed by atoms with Crippen molar-refractivity contribution in [1.29, 1.82) is 0 Å². The number of aromatic nitrogens is 1. The smallest absolute Gasteiger partial charge is 0.354 e. The SMILES string of the molecule is CN1CCOC(CSc2ccnc(C(=O)O)c2)C1. The van der Waals surface area contributed by atoms with E-state index in [1.807, 2.05) is 6.07 Å². The fourth-order valence-electron chi connectivity index (χ4n) is 1.77. The first-order chi connectivity index (χ1) is 8.65. The molecule has 0 radical (unpaired) electrons. The number of likely N-dealkylation sites (N-methyl/N-ethyl adjacent to an activating group) is 1. The predicted octanol–water partition coefficient (Wildman–Crippen LogP) is 1.20. The number of hydrogen-bond donors (Lipinski definition) is 1. The lowest BCUT2D eigenvalue weighted by Gasteiger charge is -2.29. The number of carbonyl (C=O) groups is 1. The quantitative estimate of drug-likeness (QED) is 0.828. The molecule has 1 atom stereocenters. The lowest BCUT2D eigenvalue weighted by atomic mass is 10.3. The number of morpholine rings is 1. The van der Waals surface area contributed by atoms with E-state index in [9.17, 15) is 4.79 Å². The molecule has 6 heteroatoms. The van der Waals surface area contributed by atoms with Crippen molar-refractivity contribution < 1.29 is 14.6 Å². The molecule has 1 unspecified atom stereocenters. The summed E-state index contributed by atoms with van der Waals surface area (Å²) < 4.78 is 5.65. The molecule has 98 valence electrons. The van der Waals surface area contributed by atoms with Gasteiger partial charge in [0.25, 0.3) is 0 Å². The Morgan fingerprint density at radius 2 is 2.56 bits per heavy atom. The average molecular weight is 268 g/mol. The van der Waals surface area contributed by atoms with E-state index < -0.39 is 5.97 Å². The minimum Gasteiger partial charge on any atom is -0.477 e. The maximum atomic E-state index is 10.8. The first-order valence-electron chi connectivity index (χ1n) is 5.77. The average Bonchev–Trinajstić information content (AvgIpc) is 2.37. The van der Waals surface area contributed by atoms with Crippen molar-refractivity contribution in [3.05, 3.63) is 24.0 Å². The normalized spacial score (nSPS) is 20.8. The van der Waals surface area contributed by atoms with E-state index in [1.54, 1.807) is 17.8 Å². The summed E-state index contributed by atoms with van der Waals surface area (Å²) in [4.78, 5) is 17.7. The molecule has 5 nitrogen and oxygen atoms in total. The van der Waals surface area contributed by atoms with Crippen LogP contribution in [0.5, 0.6) is 0 Å². The summed E-state index contributed by atoms with van der Waals surface area (Å²) >= 11 is 1.61. The van der Waals surface area contributed by atoms with Gasteiger partial charge in [-0.1, -0.05) is 0 Å². The molecule has 0 amide bonds. The summed E-state index contributed by atoms with van der Waals surface area (Å²) in [5.74, 6) is -0.168. The molecule has 2 heterocycles. The molecule has 0 bridgehead atoms. The summed E-state index contributed by atoms with van der Waals surface area (Å²) in [6, 6.07) is 3.42. The number of carboxylic acid groups (broad SMARTS) is 1. The number of thioether (sulfide) groups is 1. The molecule has 0 aromatic carbocycles. The molecule has 2 rings (SSSR count). The van der Waals surface area contributed by atoms with Gasteiger partial charge >= 0.3 is 5.97 Å². The van der Waals surface area contributed by atoms with Crippen LogP contribution in [0.15, 0.2) is 23.2 Å². The van der Waals surface area contributed by atoms with Gasteiger partial charge in [0.2, 0.25) is 0 Å². The van der Waals surface area contributed by atoms with Gasteiger partial charge in [0.15, 0.2) is 0 Å². The van der Waals surface area contributed by atoms with Gasteiger partial charge in [0, 0.05) is 29.9 Å². The molecule has 18 heavy (non-hydrogen) atoms. The van der Waals surface area contributed by atoms with E-state index in [-0.39, 0.29) is 11.8 Å². The van der Waals surface area contributed by atoms with Gasteiger partial charge in [-0.05, 0) is 19.2 Å². The van der Waals surface area contributed by atoms with E-state index in [0.29, 0.717) is 0 Å². The molecule has 1 aromatic rings. The summed E-state index contributed by atoms with van der Waals surface area (Å²) in [6.07, 6.45) is 1.73. The van der Waals surface area contributed by atoms with E-state index in [2.05, 4.69) is 16.9 Å². The highest BCUT2D eigenvalue weighted by atomic mass is 32.2. The fourth-order valence-corrected chi connectivity index (χ4v) is 2.71. The second-order valence-electron chi connectivity index (χ2n) is 4.25. The van der Waals surface area contributed by atoms with Crippen LogP contribution in [-0.4, -0.2) is 59.6 Å². The van der Waals surface area contributed by atoms with Crippen LogP contribution < -0.4 is 0 Å². The summed E-state index contributed by atoms with van der Waals surface area (Å²) in [5.41, 5.74) is 0.0849. The Bertz CT molecular complexity index is 428. The molecule has 1 aliphatic heterocycles. The maximum Gasteiger partial charge on any atom is 0.354 e. The number of ether oxygens (including phenoxy) is 1. The van der Waals surface area contributed by atoms with E-state index in [1.165, 1.54) is 6.20 Å². The summed E-state index contributed by atoms with van der Waals surface area (Å²) in [7, 11) is 2.08. The highest BCUT2D eigenvalue weighted by molar-refractivity contribution is 7.99. The van der Waals surface area contributed by atoms with Crippen molar-refractivity contribution in [3.8, 4) is 0 Å². The number of nitrogens with zero attached hydrogens (tertiary/aromatic N) is 2. The third kappa shape index (κ3) is 3.69. The topological polar surface area (TPSA) is 62.7 Å². The van der Waals surface area contributed by atoms with Crippen molar-refractivity contribution in [2.75, 3.05) is 32.5 Å². The van der Waals surface area contributed by atoms with E-state index in [0.717, 1.165) is 30.3 Å². The highest BCUT2D eigenvalue weighted by Gasteiger charge is 2.17. The lowest BCUT2D eigenvalue weighted by molar-refractivity contribution is -0.00598. The summed E-state index contributed by atoms with van der Waals surface area (Å²) in [6.45, 7) is 2.65. The van der Waals surface area contributed by atoms with Gasteiger partial charge in [-0.2, -0.15) is 0 Å². The van der Waals surface area contributed by atoms with Crippen LogP contribution in [0, 0.1) is 0 Å². The van der Waals surface area contributed by atoms with Gasteiger partial charge in [0.1, 0.15) is 5.69 Å². The molecule has 1 aliphatic rings. The molecule has 1 saturated heterocycles. The zero-order chi connectivity index (χ0) is 13.0. The zero-order valence-corrected chi connectivity index (χ0v) is 11.0. The van der Waals surface area contributed by atoms with Crippen molar-refractivity contribution in [3.63, 3.8) is 0 Å². The van der Waals surface area contributed by atoms with Crippen LogP contribution in [-0.2, 0) is 4.74 Å². The largest absolute Gasteiger partial charge is 0.477 e. The van der Waals surface area contributed by atoms with Crippen LogP contribution in [0.25, 0.3) is 0 Å². The molecule has 1 fully saturated rings. The second kappa shape index (κ2) is 6.17. The maximum absolute atomic E-state index is 10.8. The fraction of sp³-hybridized carbons (Fsp3) is 0.500. The first kappa shape index (κ1) is 13.3. The number of hydrogen-bond acceptors (Lipinski definition) is 5. The third-order valence-corrected chi connectivity index (χ3v) is 3.85. The number of aromatic carboxylic acids is 1. The molecule has 1 aromatic heterocycles. The Hall–Kier alpha value is -1.11. The van der Waals surface area contributed by atoms with Crippen LogP contribution in [0.3, 0.4) is 0 Å². The lowest BCUT2D eigenvalue weighted by Crippen LogP contribution is -2.41. The number of rotatable bonds is 4. The predicted molar refractivity (Wildman–Crippen MR) is 69.2 cm³/mol.